The summed E-state index contributed by atoms with van der Waals surface area (Å²) in [7, 11) is 0. The fraction of sp³-hybridized carbons (Fsp3) is 0.500. The first kappa shape index (κ1) is 14.0. The van der Waals surface area contributed by atoms with Gasteiger partial charge in [0.25, 0.3) is 0 Å². The summed E-state index contributed by atoms with van der Waals surface area (Å²) in [5.41, 5.74) is 2.11. The van der Waals surface area contributed by atoms with Crippen LogP contribution in [0.1, 0.15) is 16.7 Å². The van der Waals surface area contributed by atoms with Gasteiger partial charge in [0.05, 0.1) is 6.54 Å². The van der Waals surface area contributed by atoms with E-state index in [4.69, 9.17) is 5.73 Å². The molecule has 0 spiro atoms. The molecule has 3 N–H and O–H groups in total. The molecule has 0 fully saturated rings. The summed E-state index contributed by atoms with van der Waals surface area (Å²) in [6.07, 6.45) is -4.76. The zero-order valence-corrected chi connectivity index (χ0v) is 10.2. The number of rotatable bonds is 3. The molecule has 1 rings (SSSR count). The molecule has 0 radical (unpaired) electrons. The van der Waals surface area contributed by atoms with Crippen LogP contribution in [0.5, 0.6) is 0 Å². The van der Waals surface area contributed by atoms with E-state index in [1.54, 1.807) is 6.07 Å². The molecular formula is C10H13F3N2OS. The van der Waals surface area contributed by atoms with E-state index < -0.39 is 17.6 Å². The van der Waals surface area contributed by atoms with Gasteiger partial charge in [0.2, 0.25) is 5.91 Å². The summed E-state index contributed by atoms with van der Waals surface area (Å²) in [6.45, 7) is 2.58. The number of hydrogen-bond acceptors (Lipinski definition) is 3. The lowest BCUT2D eigenvalue weighted by molar-refractivity contribution is -0.187. The van der Waals surface area contributed by atoms with Crippen LogP contribution in [0.15, 0.2) is 12.1 Å². The van der Waals surface area contributed by atoms with Crippen molar-refractivity contribution >= 4 is 17.2 Å². The van der Waals surface area contributed by atoms with Crippen LogP contribution in [0.25, 0.3) is 0 Å². The fourth-order valence-electron chi connectivity index (χ4n) is 1.06. The predicted octanol–water partition coefficient (Wildman–Crippen LogP) is 1.95. The minimum absolute atomic E-state index is 0.0558. The number of hydrogen-bond donors (Lipinski definition) is 2. The van der Waals surface area contributed by atoms with E-state index in [0.29, 0.717) is 6.92 Å². The largest absolute Gasteiger partial charge is 0.415 e. The van der Waals surface area contributed by atoms with Crippen molar-refractivity contribution in [3.8, 4) is 0 Å². The highest BCUT2D eigenvalue weighted by molar-refractivity contribution is 7.11. The van der Waals surface area contributed by atoms with Crippen molar-refractivity contribution in [2.75, 3.05) is 0 Å². The van der Waals surface area contributed by atoms with Gasteiger partial charge in [0, 0.05) is 9.75 Å². The molecule has 0 aromatic carbocycles. The van der Waals surface area contributed by atoms with E-state index >= 15 is 0 Å². The standard InChI is InChI=1S/C10H13F3N2OS/c1-6-3-4-7(17-6)5-15-8(16)9(2,14)10(11,12)13/h3-4H,5,14H2,1-2H3,(H,15,16). The summed E-state index contributed by atoms with van der Waals surface area (Å²) in [5.74, 6) is -1.23. The van der Waals surface area contributed by atoms with E-state index in [-0.39, 0.29) is 6.54 Å². The molecule has 0 bridgehead atoms. The summed E-state index contributed by atoms with van der Waals surface area (Å²) in [6, 6.07) is 3.58. The summed E-state index contributed by atoms with van der Waals surface area (Å²) in [5, 5.41) is 2.19. The molecule has 1 atom stereocenters. The monoisotopic (exact) mass is 266 g/mol. The number of nitrogens with one attached hydrogen (secondary N) is 1. The molecule has 0 aliphatic rings. The van der Waals surface area contributed by atoms with E-state index in [0.717, 1.165) is 9.75 Å². The molecule has 0 saturated carbocycles. The van der Waals surface area contributed by atoms with E-state index in [1.165, 1.54) is 11.3 Å². The number of nitrogens with two attached hydrogens (primary N) is 1. The minimum Gasteiger partial charge on any atom is -0.349 e. The number of halogens is 3. The van der Waals surface area contributed by atoms with Crippen LogP contribution in [0.4, 0.5) is 13.2 Å². The van der Waals surface area contributed by atoms with Gasteiger partial charge in [0.1, 0.15) is 0 Å². The van der Waals surface area contributed by atoms with Gasteiger partial charge in [-0.05, 0) is 26.0 Å². The molecule has 0 aliphatic carbocycles. The van der Waals surface area contributed by atoms with E-state index in [2.05, 4.69) is 5.32 Å². The normalized spacial score (nSPS) is 15.4. The lowest BCUT2D eigenvalue weighted by Crippen LogP contribution is -2.61. The Kier molecular flexibility index (Phi) is 3.83. The van der Waals surface area contributed by atoms with Crippen LogP contribution in [0.3, 0.4) is 0 Å². The molecule has 1 unspecified atom stereocenters. The Balaban J connectivity index is 2.61. The van der Waals surface area contributed by atoms with Gasteiger partial charge in [-0.1, -0.05) is 0 Å². The van der Waals surface area contributed by atoms with Crippen LogP contribution >= 0.6 is 11.3 Å². The van der Waals surface area contributed by atoms with Crippen molar-refractivity contribution in [1.29, 1.82) is 0 Å². The van der Waals surface area contributed by atoms with Gasteiger partial charge in [-0.25, -0.2) is 0 Å². The predicted molar refractivity (Wildman–Crippen MR) is 59.6 cm³/mol. The Morgan fingerprint density at radius 1 is 1.47 bits per heavy atom. The highest BCUT2D eigenvalue weighted by Gasteiger charge is 2.53. The number of thiophene rings is 1. The quantitative estimate of drug-likeness (QED) is 0.878. The van der Waals surface area contributed by atoms with Crippen molar-refractivity contribution in [2.24, 2.45) is 5.73 Å². The topological polar surface area (TPSA) is 55.1 Å². The summed E-state index contributed by atoms with van der Waals surface area (Å²) >= 11 is 1.41. The number of alkyl halides is 3. The number of carbonyl (C=O) groups is 1. The zero-order valence-electron chi connectivity index (χ0n) is 9.39. The number of amides is 1. The van der Waals surface area contributed by atoms with Crippen LogP contribution in [0.2, 0.25) is 0 Å². The average Bonchev–Trinajstić information content (AvgIpc) is 2.58. The molecular weight excluding hydrogens is 253 g/mol. The Labute approximate surface area is 101 Å². The smallest absolute Gasteiger partial charge is 0.349 e. The lowest BCUT2D eigenvalue weighted by Gasteiger charge is -2.25. The SMILES string of the molecule is Cc1ccc(CNC(=O)C(C)(N)C(F)(F)F)s1. The molecule has 0 aliphatic heterocycles. The highest BCUT2D eigenvalue weighted by atomic mass is 32.1. The maximum atomic E-state index is 12.4. The highest BCUT2D eigenvalue weighted by Crippen LogP contribution is 2.28. The maximum Gasteiger partial charge on any atom is 0.415 e. The first-order chi connectivity index (χ1) is 7.64. The molecule has 3 nitrogen and oxygen atoms in total. The Hall–Kier alpha value is -1.08. The third kappa shape index (κ3) is 3.19. The van der Waals surface area contributed by atoms with Crippen molar-refractivity contribution in [3.05, 3.63) is 21.9 Å². The van der Waals surface area contributed by atoms with Crippen LogP contribution in [-0.2, 0) is 11.3 Å². The second kappa shape index (κ2) is 4.66. The lowest BCUT2D eigenvalue weighted by atomic mass is 10.0. The Bertz CT molecular complexity index is 412. The van der Waals surface area contributed by atoms with Crippen molar-refractivity contribution in [3.63, 3.8) is 0 Å². The third-order valence-corrected chi connectivity index (χ3v) is 3.28. The third-order valence-electron chi connectivity index (χ3n) is 2.28. The first-order valence-electron chi connectivity index (χ1n) is 4.84. The summed E-state index contributed by atoms with van der Waals surface area (Å²) < 4.78 is 37.3. The molecule has 1 aromatic heterocycles. The van der Waals surface area contributed by atoms with Crippen LogP contribution in [0, 0.1) is 6.92 Å². The van der Waals surface area contributed by atoms with Crippen LogP contribution in [-0.4, -0.2) is 17.6 Å². The van der Waals surface area contributed by atoms with Crippen molar-refractivity contribution in [1.82, 2.24) is 5.32 Å². The number of carbonyl (C=O) groups excluding carboxylic acids is 1. The zero-order chi connectivity index (χ0) is 13.3. The Morgan fingerprint density at radius 3 is 2.47 bits per heavy atom. The van der Waals surface area contributed by atoms with E-state index in [1.807, 2.05) is 13.0 Å². The second-order valence-corrected chi connectivity index (χ2v) is 5.27. The van der Waals surface area contributed by atoms with Gasteiger partial charge in [-0.15, -0.1) is 11.3 Å². The van der Waals surface area contributed by atoms with Crippen molar-refractivity contribution in [2.45, 2.75) is 32.1 Å². The minimum atomic E-state index is -4.76. The second-order valence-electron chi connectivity index (χ2n) is 3.90. The van der Waals surface area contributed by atoms with Gasteiger partial charge < -0.3 is 11.1 Å². The van der Waals surface area contributed by atoms with Gasteiger partial charge in [0.15, 0.2) is 5.54 Å². The first-order valence-corrected chi connectivity index (χ1v) is 5.65. The molecule has 17 heavy (non-hydrogen) atoms. The van der Waals surface area contributed by atoms with Crippen LogP contribution < -0.4 is 11.1 Å². The summed E-state index contributed by atoms with van der Waals surface area (Å²) in [4.78, 5) is 13.2. The molecule has 96 valence electrons. The average molecular weight is 266 g/mol. The maximum absolute atomic E-state index is 12.4. The van der Waals surface area contributed by atoms with Gasteiger partial charge in [-0.2, -0.15) is 13.2 Å². The van der Waals surface area contributed by atoms with Crippen molar-refractivity contribution < 1.29 is 18.0 Å². The van der Waals surface area contributed by atoms with Gasteiger partial charge >= 0.3 is 6.18 Å². The molecule has 1 heterocycles. The fourth-order valence-corrected chi connectivity index (χ4v) is 1.89. The van der Waals surface area contributed by atoms with E-state index in [9.17, 15) is 18.0 Å². The molecule has 1 amide bonds. The molecule has 0 saturated heterocycles. The molecule has 7 heteroatoms. The molecule has 1 aromatic rings. The number of aryl methyl sites for hydroxylation is 1. The Morgan fingerprint density at radius 2 is 2.06 bits per heavy atom. The van der Waals surface area contributed by atoms with Gasteiger partial charge in [-0.3, -0.25) is 4.79 Å².